The van der Waals surface area contributed by atoms with Gasteiger partial charge in [0.15, 0.2) is 0 Å². The van der Waals surface area contributed by atoms with Crippen LogP contribution in [-0.4, -0.2) is 43.3 Å². The second-order valence-electron chi connectivity index (χ2n) is 4.24. The van der Waals surface area contributed by atoms with E-state index in [2.05, 4.69) is 15.0 Å². The van der Waals surface area contributed by atoms with Crippen molar-refractivity contribution in [2.75, 3.05) is 19.9 Å². The number of methoxy groups -OCH3 is 1. The topological polar surface area (TPSA) is 86.1 Å². The van der Waals surface area contributed by atoms with Crippen LogP contribution in [0.25, 0.3) is 11.3 Å². The molecule has 0 bridgehead atoms. The van der Waals surface area contributed by atoms with Crippen LogP contribution in [0.2, 0.25) is 5.02 Å². The summed E-state index contributed by atoms with van der Waals surface area (Å²) in [6, 6.07) is 5.25. The molecule has 1 heterocycles. The van der Waals surface area contributed by atoms with Crippen LogP contribution >= 0.6 is 11.6 Å². The Bertz CT molecular complexity index is 730. The van der Waals surface area contributed by atoms with Crippen molar-refractivity contribution < 1.29 is 13.2 Å². The van der Waals surface area contributed by atoms with Crippen LogP contribution < -0.4 is 9.46 Å². The summed E-state index contributed by atoms with van der Waals surface area (Å²) in [4.78, 5) is 0. The number of rotatable bonds is 6. The molecule has 0 radical (unpaired) electrons. The van der Waals surface area contributed by atoms with E-state index in [4.69, 9.17) is 16.3 Å². The van der Waals surface area contributed by atoms with Gasteiger partial charge in [0.05, 0.1) is 30.6 Å². The average Bonchev–Trinajstić information content (AvgIpc) is 2.95. The summed E-state index contributed by atoms with van der Waals surface area (Å²) >= 11 is 5.97. The smallest absolute Gasteiger partial charge is 0.213 e. The Morgan fingerprint density at radius 2 is 2.19 bits per heavy atom. The molecule has 1 aromatic heterocycles. The fourth-order valence-electron chi connectivity index (χ4n) is 1.67. The van der Waals surface area contributed by atoms with E-state index in [1.807, 2.05) is 0 Å². The molecule has 1 aromatic carbocycles. The zero-order valence-corrected chi connectivity index (χ0v) is 13.1. The Morgan fingerprint density at radius 3 is 2.86 bits per heavy atom. The molecule has 21 heavy (non-hydrogen) atoms. The number of benzene rings is 1. The monoisotopic (exact) mass is 330 g/mol. The van der Waals surface area contributed by atoms with Gasteiger partial charge in [-0.3, -0.25) is 4.68 Å². The van der Waals surface area contributed by atoms with E-state index >= 15 is 0 Å². The Labute approximate surface area is 127 Å². The van der Waals surface area contributed by atoms with Crippen LogP contribution in [-0.2, 0) is 16.6 Å². The highest BCUT2D eigenvalue weighted by Crippen LogP contribution is 2.29. The summed E-state index contributed by atoms with van der Waals surface area (Å²) < 4.78 is 31.6. The highest BCUT2D eigenvalue weighted by Gasteiger charge is 2.10. The third-order valence-corrected chi connectivity index (χ3v) is 4.54. The number of nitrogens with zero attached hydrogens (tertiary/aromatic N) is 3. The van der Waals surface area contributed by atoms with E-state index in [9.17, 15) is 8.42 Å². The van der Waals surface area contributed by atoms with Gasteiger partial charge in [0.1, 0.15) is 11.4 Å². The lowest BCUT2D eigenvalue weighted by Crippen LogP contribution is -2.24. The molecule has 2 rings (SSSR count). The van der Waals surface area contributed by atoms with E-state index in [0.717, 1.165) is 5.56 Å². The number of halogens is 1. The third-order valence-electron chi connectivity index (χ3n) is 2.89. The van der Waals surface area contributed by atoms with Gasteiger partial charge in [0.2, 0.25) is 10.0 Å². The maximum absolute atomic E-state index is 11.4. The Balaban J connectivity index is 2.16. The zero-order valence-electron chi connectivity index (χ0n) is 11.6. The molecule has 0 spiro atoms. The van der Waals surface area contributed by atoms with Crippen molar-refractivity contribution in [2.45, 2.75) is 6.54 Å². The van der Waals surface area contributed by atoms with Crippen molar-refractivity contribution in [1.82, 2.24) is 19.7 Å². The normalized spacial score (nSPS) is 11.6. The molecule has 0 aliphatic rings. The molecule has 0 amide bonds. The average molecular weight is 331 g/mol. The van der Waals surface area contributed by atoms with E-state index in [1.54, 1.807) is 24.4 Å². The molecule has 0 saturated heterocycles. The number of nitrogens with one attached hydrogen (secondary N) is 1. The van der Waals surface area contributed by atoms with Gasteiger partial charge in [0.25, 0.3) is 0 Å². The fourth-order valence-corrected chi connectivity index (χ4v) is 2.50. The second kappa shape index (κ2) is 6.42. The van der Waals surface area contributed by atoms with E-state index < -0.39 is 10.0 Å². The van der Waals surface area contributed by atoms with Crippen LogP contribution in [0.5, 0.6) is 5.75 Å². The maximum Gasteiger partial charge on any atom is 0.213 e. The minimum absolute atomic E-state index is 0.0593. The van der Waals surface area contributed by atoms with Crippen molar-refractivity contribution in [3.63, 3.8) is 0 Å². The van der Waals surface area contributed by atoms with Crippen LogP contribution in [0.15, 0.2) is 24.4 Å². The molecular formula is C12H15ClN4O3S. The molecule has 7 nitrogen and oxygen atoms in total. The first-order valence-electron chi connectivity index (χ1n) is 6.10. The lowest BCUT2D eigenvalue weighted by atomic mass is 10.1. The number of sulfonamides is 1. The van der Waals surface area contributed by atoms with Crippen molar-refractivity contribution in [2.24, 2.45) is 0 Å². The first-order chi connectivity index (χ1) is 9.95. The molecule has 0 fully saturated rings. The molecular weight excluding hydrogens is 316 g/mol. The van der Waals surface area contributed by atoms with Crippen LogP contribution in [0.3, 0.4) is 0 Å². The predicted molar refractivity (Wildman–Crippen MR) is 79.9 cm³/mol. The fraction of sp³-hybridized carbons (Fsp3) is 0.333. The highest BCUT2D eigenvalue weighted by molar-refractivity contribution is 7.89. The number of hydrogen-bond donors (Lipinski definition) is 1. The third kappa shape index (κ3) is 3.93. The molecule has 0 atom stereocenters. The number of hydrogen-bond acceptors (Lipinski definition) is 5. The summed E-state index contributed by atoms with van der Waals surface area (Å²) in [5.74, 6) is 0.484. The maximum atomic E-state index is 11.4. The first-order valence-corrected chi connectivity index (χ1v) is 8.13. The standard InChI is InChI=1S/C12H15ClN4O3S/c1-14-21(18,19)6-5-17-8-11(15-16-17)9-3-4-10(13)12(7-9)20-2/h3-4,7-8,14H,5-6H2,1-2H3. The molecule has 0 saturated carbocycles. The van der Waals surface area contributed by atoms with Crippen LogP contribution in [0.1, 0.15) is 0 Å². The summed E-state index contributed by atoms with van der Waals surface area (Å²) in [6.07, 6.45) is 1.67. The Hall–Kier alpha value is -1.64. The largest absolute Gasteiger partial charge is 0.495 e. The Morgan fingerprint density at radius 1 is 1.43 bits per heavy atom. The van der Waals surface area contributed by atoms with E-state index in [0.29, 0.717) is 16.5 Å². The Kier molecular flexibility index (Phi) is 4.81. The number of aromatic nitrogens is 3. The molecule has 2 aromatic rings. The molecule has 0 unspecified atom stereocenters. The molecule has 1 N–H and O–H groups in total. The summed E-state index contributed by atoms with van der Waals surface area (Å²) in [5.41, 5.74) is 1.41. The van der Waals surface area contributed by atoms with Crippen LogP contribution in [0, 0.1) is 0 Å². The van der Waals surface area contributed by atoms with E-state index in [-0.39, 0.29) is 12.3 Å². The summed E-state index contributed by atoms with van der Waals surface area (Å²) in [5, 5.41) is 8.43. The highest BCUT2D eigenvalue weighted by atomic mass is 35.5. The SMILES string of the molecule is CNS(=O)(=O)CCn1cc(-c2ccc(Cl)c(OC)c2)nn1. The minimum atomic E-state index is -3.27. The van der Waals surface area contributed by atoms with Gasteiger partial charge in [-0.05, 0) is 19.2 Å². The summed E-state index contributed by atoms with van der Waals surface area (Å²) in [6.45, 7) is 0.223. The molecule has 0 aliphatic carbocycles. The number of ether oxygens (including phenoxy) is 1. The minimum Gasteiger partial charge on any atom is -0.495 e. The zero-order chi connectivity index (χ0) is 15.5. The van der Waals surface area contributed by atoms with Gasteiger partial charge < -0.3 is 4.74 Å². The van der Waals surface area contributed by atoms with Gasteiger partial charge >= 0.3 is 0 Å². The van der Waals surface area contributed by atoms with Gasteiger partial charge in [-0.1, -0.05) is 22.9 Å². The lowest BCUT2D eigenvalue weighted by molar-refractivity contribution is 0.415. The quantitative estimate of drug-likeness (QED) is 0.858. The summed E-state index contributed by atoms with van der Waals surface area (Å²) in [7, 11) is -0.356. The number of aryl methyl sites for hydroxylation is 1. The molecule has 0 aliphatic heterocycles. The van der Waals surface area contributed by atoms with Crippen molar-refractivity contribution in [3.8, 4) is 17.0 Å². The predicted octanol–water partition coefficient (Wildman–Crippen LogP) is 1.16. The lowest BCUT2D eigenvalue weighted by Gasteiger charge is -2.04. The van der Waals surface area contributed by atoms with Crippen molar-refractivity contribution in [3.05, 3.63) is 29.4 Å². The molecule has 9 heteroatoms. The van der Waals surface area contributed by atoms with Crippen LogP contribution in [0.4, 0.5) is 0 Å². The van der Waals surface area contributed by atoms with Gasteiger partial charge in [-0.2, -0.15) is 0 Å². The van der Waals surface area contributed by atoms with Crippen molar-refractivity contribution in [1.29, 1.82) is 0 Å². The second-order valence-corrected chi connectivity index (χ2v) is 6.69. The van der Waals surface area contributed by atoms with Gasteiger partial charge in [-0.15, -0.1) is 5.10 Å². The first kappa shape index (κ1) is 15.7. The van der Waals surface area contributed by atoms with Crippen molar-refractivity contribution >= 4 is 21.6 Å². The van der Waals surface area contributed by atoms with E-state index in [1.165, 1.54) is 18.8 Å². The molecule has 114 valence electrons. The van der Waals surface area contributed by atoms with Gasteiger partial charge in [0, 0.05) is 5.56 Å². The van der Waals surface area contributed by atoms with Gasteiger partial charge in [-0.25, -0.2) is 13.1 Å².